The van der Waals surface area contributed by atoms with Gasteiger partial charge in [0, 0.05) is 36.9 Å². The molecule has 0 spiro atoms. The van der Waals surface area contributed by atoms with E-state index in [9.17, 15) is 0 Å². The molecule has 0 bridgehead atoms. The van der Waals surface area contributed by atoms with Gasteiger partial charge in [0.1, 0.15) is 0 Å². The second-order valence-corrected chi connectivity index (χ2v) is 8.01. The van der Waals surface area contributed by atoms with Gasteiger partial charge in [-0.15, -0.1) is 0 Å². The minimum atomic E-state index is 0.335. The number of hydrogen-bond donors (Lipinski definition) is 0. The van der Waals surface area contributed by atoms with Crippen LogP contribution in [-0.4, -0.2) is 13.1 Å². The fourth-order valence-electron chi connectivity index (χ4n) is 2.98. The fraction of sp³-hybridized carbons (Fsp3) is 0.500. The Morgan fingerprint density at radius 1 is 0.682 bits per heavy atom. The van der Waals surface area contributed by atoms with E-state index >= 15 is 0 Å². The minimum absolute atomic E-state index is 0.335. The van der Waals surface area contributed by atoms with E-state index in [0.29, 0.717) is 10.8 Å². The largest absolute Gasteiger partial charge is 0.348 e. The highest BCUT2D eigenvalue weighted by Gasteiger charge is 2.22. The van der Waals surface area contributed by atoms with Crippen LogP contribution < -0.4 is 9.80 Å². The number of benzene rings is 1. The number of hydrogen-bond acceptors (Lipinski definition) is 2. The average molecular weight is 296 g/mol. The molecule has 1 aromatic rings. The molecule has 2 aliphatic heterocycles. The Labute approximate surface area is 135 Å². The summed E-state index contributed by atoms with van der Waals surface area (Å²) in [5.74, 6) is 0. The quantitative estimate of drug-likeness (QED) is 0.741. The Kier molecular flexibility index (Phi) is 3.80. The van der Waals surface area contributed by atoms with Crippen LogP contribution in [0, 0.1) is 10.8 Å². The van der Waals surface area contributed by atoms with E-state index in [4.69, 9.17) is 0 Å². The van der Waals surface area contributed by atoms with Gasteiger partial charge in [-0.25, -0.2) is 0 Å². The second kappa shape index (κ2) is 5.49. The molecular formula is C20H28N2. The molecule has 2 heterocycles. The lowest BCUT2D eigenvalue weighted by Gasteiger charge is -2.34. The van der Waals surface area contributed by atoms with Crippen molar-refractivity contribution in [3.05, 3.63) is 48.8 Å². The van der Waals surface area contributed by atoms with E-state index in [1.165, 1.54) is 24.2 Å². The summed E-state index contributed by atoms with van der Waals surface area (Å²) in [5, 5.41) is 0. The number of anilines is 2. The van der Waals surface area contributed by atoms with Crippen molar-refractivity contribution in [3.8, 4) is 0 Å². The molecule has 118 valence electrons. The molecule has 0 amide bonds. The van der Waals surface area contributed by atoms with Crippen LogP contribution in [0.5, 0.6) is 0 Å². The van der Waals surface area contributed by atoms with Gasteiger partial charge in [0.15, 0.2) is 0 Å². The zero-order valence-electron chi connectivity index (χ0n) is 14.3. The molecule has 0 N–H and O–H groups in total. The first-order valence-electron chi connectivity index (χ1n) is 8.37. The lowest BCUT2D eigenvalue weighted by atomic mass is 9.87. The molecule has 0 unspecified atom stereocenters. The molecule has 0 radical (unpaired) electrons. The molecular weight excluding hydrogens is 268 g/mol. The van der Waals surface area contributed by atoms with Crippen LogP contribution in [0.3, 0.4) is 0 Å². The van der Waals surface area contributed by atoms with Gasteiger partial charge in [-0.05, 0) is 47.9 Å². The molecule has 2 aliphatic rings. The van der Waals surface area contributed by atoms with Crippen molar-refractivity contribution in [2.75, 3.05) is 22.9 Å². The second-order valence-electron chi connectivity index (χ2n) is 8.01. The van der Waals surface area contributed by atoms with Crippen LogP contribution in [0.15, 0.2) is 48.8 Å². The average Bonchev–Trinajstić information content (AvgIpc) is 2.48. The van der Waals surface area contributed by atoms with E-state index in [1.54, 1.807) is 0 Å². The van der Waals surface area contributed by atoms with Crippen LogP contribution in [-0.2, 0) is 0 Å². The van der Waals surface area contributed by atoms with E-state index in [-0.39, 0.29) is 0 Å². The first-order chi connectivity index (χ1) is 10.3. The topological polar surface area (TPSA) is 6.48 Å². The molecule has 0 aliphatic carbocycles. The zero-order valence-corrected chi connectivity index (χ0v) is 14.3. The van der Waals surface area contributed by atoms with Gasteiger partial charge in [0.05, 0.1) is 0 Å². The Hall–Kier alpha value is -1.70. The number of rotatable bonds is 2. The standard InChI is InChI=1S/C20H28N2/c1-19(2)9-13-21(14-10-19)17-5-7-18(8-6-17)22-15-11-20(3,4)12-16-22/h5-9,11,13,15H,10,12,14,16H2,1-4H3. The Balaban J connectivity index is 1.72. The molecule has 22 heavy (non-hydrogen) atoms. The molecule has 2 heteroatoms. The maximum Gasteiger partial charge on any atom is 0.0407 e. The molecule has 1 aromatic carbocycles. The van der Waals surface area contributed by atoms with Crippen molar-refractivity contribution < 1.29 is 0 Å². The molecule has 0 saturated heterocycles. The highest BCUT2D eigenvalue weighted by molar-refractivity contribution is 5.59. The van der Waals surface area contributed by atoms with Crippen molar-refractivity contribution in [2.24, 2.45) is 10.8 Å². The third-order valence-electron chi connectivity index (χ3n) is 4.92. The Bertz CT molecular complexity index is 525. The SMILES string of the molecule is CC1(C)C=CN(c2ccc(N3C=CC(C)(C)CC3)cc2)CC1. The predicted octanol–water partition coefficient (Wildman–Crippen LogP) is 5.19. The normalized spacial score (nSPS) is 22.9. The highest BCUT2D eigenvalue weighted by Crippen LogP contribution is 2.32. The third kappa shape index (κ3) is 3.37. The molecule has 0 aromatic heterocycles. The van der Waals surface area contributed by atoms with Gasteiger partial charge in [-0.3, -0.25) is 0 Å². The van der Waals surface area contributed by atoms with Crippen molar-refractivity contribution >= 4 is 11.4 Å². The maximum atomic E-state index is 2.35. The zero-order chi connectivity index (χ0) is 15.8. The summed E-state index contributed by atoms with van der Waals surface area (Å²) in [5.41, 5.74) is 3.25. The molecule has 0 atom stereocenters. The summed E-state index contributed by atoms with van der Waals surface area (Å²) < 4.78 is 0. The van der Waals surface area contributed by atoms with E-state index < -0.39 is 0 Å². The Morgan fingerprint density at radius 3 is 1.32 bits per heavy atom. The van der Waals surface area contributed by atoms with Gasteiger partial charge in [0.2, 0.25) is 0 Å². The summed E-state index contributed by atoms with van der Waals surface area (Å²) >= 11 is 0. The first kappa shape index (κ1) is 15.2. The van der Waals surface area contributed by atoms with Gasteiger partial charge >= 0.3 is 0 Å². The van der Waals surface area contributed by atoms with E-state index in [2.05, 4.69) is 86.3 Å². The van der Waals surface area contributed by atoms with Gasteiger partial charge < -0.3 is 9.80 Å². The molecule has 3 rings (SSSR count). The summed E-state index contributed by atoms with van der Waals surface area (Å²) in [6.45, 7) is 11.4. The van der Waals surface area contributed by atoms with Gasteiger partial charge in [-0.1, -0.05) is 39.8 Å². The van der Waals surface area contributed by atoms with Crippen LogP contribution in [0.1, 0.15) is 40.5 Å². The van der Waals surface area contributed by atoms with Crippen molar-refractivity contribution in [3.63, 3.8) is 0 Å². The van der Waals surface area contributed by atoms with E-state index in [1.807, 2.05) is 0 Å². The van der Waals surface area contributed by atoms with Gasteiger partial charge in [-0.2, -0.15) is 0 Å². The van der Waals surface area contributed by atoms with Crippen molar-refractivity contribution in [2.45, 2.75) is 40.5 Å². The lowest BCUT2D eigenvalue weighted by molar-refractivity contribution is 0.426. The van der Waals surface area contributed by atoms with Crippen LogP contribution in [0.2, 0.25) is 0 Å². The highest BCUT2D eigenvalue weighted by atomic mass is 15.1. The summed E-state index contributed by atoms with van der Waals surface area (Å²) in [6, 6.07) is 8.97. The third-order valence-corrected chi connectivity index (χ3v) is 4.92. The number of nitrogens with zero attached hydrogens (tertiary/aromatic N) is 2. The molecule has 0 saturated carbocycles. The maximum absolute atomic E-state index is 2.35. The van der Waals surface area contributed by atoms with Crippen LogP contribution >= 0.6 is 0 Å². The predicted molar refractivity (Wildman–Crippen MR) is 96.2 cm³/mol. The smallest absolute Gasteiger partial charge is 0.0407 e. The van der Waals surface area contributed by atoms with E-state index in [0.717, 1.165) is 13.1 Å². The Morgan fingerprint density at radius 2 is 1.05 bits per heavy atom. The van der Waals surface area contributed by atoms with Crippen molar-refractivity contribution in [1.29, 1.82) is 0 Å². The van der Waals surface area contributed by atoms with Gasteiger partial charge in [0.25, 0.3) is 0 Å². The van der Waals surface area contributed by atoms with Crippen LogP contribution in [0.25, 0.3) is 0 Å². The first-order valence-corrected chi connectivity index (χ1v) is 8.37. The fourth-order valence-corrected chi connectivity index (χ4v) is 2.98. The molecule has 2 nitrogen and oxygen atoms in total. The number of allylic oxidation sites excluding steroid dienone is 2. The molecule has 0 fully saturated rings. The van der Waals surface area contributed by atoms with Crippen molar-refractivity contribution in [1.82, 2.24) is 0 Å². The monoisotopic (exact) mass is 296 g/mol. The summed E-state index contributed by atoms with van der Waals surface area (Å²) in [4.78, 5) is 4.70. The van der Waals surface area contributed by atoms with Crippen LogP contribution in [0.4, 0.5) is 11.4 Å². The lowest BCUT2D eigenvalue weighted by Crippen LogP contribution is -2.29. The summed E-state index contributed by atoms with van der Waals surface area (Å²) in [7, 11) is 0. The summed E-state index contributed by atoms with van der Waals surface area (Å²) in [6.07, 6.45) is 11.5. The minimum Gasteiger partial charge on any atom is -0.348 e.